The van der Waals surface area contributed by atoms with E-state index in [0.29, 0.717) is 29.5 Å². The summed E-state index contributed by atoms with van der Waals surface area (Å²) in [6.07, 6.45) is 12.3. The van der Waals surface area contributed by atoms with Crippen LogP contribution in [-0.2, 0) is 9.59 Å². The van der Waals surface area contributed by atoms with Crippen molar-refractivity contribution in [1.29, 1.82) is 0 Å². The number of halogens is 1. The molecule has 4 heteroatoms. The molecule has 0 saturated heterocycles. The second kappa shape index (κ2) is 9.41. The van der Waals surface area contributed by atoms with Crippen molar-refractivity contribution in [3.8, 4) is 0 Å². The molecule has 222 valence electrons. The first-order valence-corrected chi connectivity index (χ1v) is 16.9. The van der Waals surface area contributed by atoms with E-state index < -0.39 is 16.8 Å². The van der Waals surface area contributed by atoms with E-state index in [4.69, 9.17) is 0 Å². The van der Waals surface area contributed by atoms with Gasteiger partial charge < -0.3 is 5.11 Å². The summed E-state index contributed by atoms with van der Waals surface area (Å²) in [5.74, 6) is 1.60. The summed E-state index contributed by atoms with van der Waals surface area (Å²) in [5.41, 5.74) is 2.59. The predicted molar refractivity (Wildman–Crippen MR) is 169 cm³/mol. The van der Waals surface area contributed by atoms with Crippen molar-refractivity contribution < 1.29 is 14.7 Å². The third-order valence-electron chi connectivity index (χ3n) is 14.2. The molecule has 0 unspecified atom stereocenters. The largest absolute Gasteiger partial charge is 0.481 e. The molecule has 5 aliphatic carbocycles. The molecule has 3 nitrogen and oxygen atoms in total. The number of carbonyl (C=O) groups is 2. The van der Waals surface area contributed by atoms with Crippen LogP contribution in [0.2, 0.25) is 0 Å². The second-order valence-corrected chi connectivity index (χ2v) is 17.0. The van der Waals surface area contributed by atoms with Gasteiger partial charge in [0.05, 0.1) is 5.41 Å². The zero-order chi connectivity index (χ0) is 29.8. The monoisotopic (exact) mass is 620 g/mol. The van der Waals surface area contributed by atoms with E-state index in [1.807, 2.05) is 0 Å². The van der Waals surface area contributed by atoms with Crippen molar-refractivity contribution in [2.45, 2.75) is 99.8 Å². The lowest BCUT2D eigenvalue weighted by Gasteiger charge is -2.70. The van der Waals surface area contributed by atoms with E-state index in [2.05, 4.69) is 101 Å². The van der Waals surface area contributed by atoms with Crippen LogP contribution in [0, 0.1) is 56.7 Å². The van der Waals surface area contributed by atoms with E-state index in [0.717, 1.165) is 67.0 Å². The average Bonchev–Trinajstić information content (AvgIpc) is 2.90. The van der Waals surface area contributed by atoms with Gasteiger partial charge in [0, 0.05) is 9.89 Å². The van der Waals surface area contributed by atoms with Crippen molar-refractivity contribution in [2.24, 2.45) is 56.7 Å². The number of Topliss-reactive ketones (excluding diaryl/α,β-unsaturated/α-hetero) is 1. The maximum atomic E-state index is 14.0. The summed E-state index contributed by atoms with van der Waals surface area (Å²) in [7, 11) is 0. The molecular formula is C37H49BrO3. The summed E-state index contributed by atoms with van der Waals surface area (Å²) >= 11 is 3.55. The van der Waals surface area contributed by atoms with Gasteiger partial charge >= 0.3 is 5.97 Å². The molecule has 1 aromatic rings. The van der Waals surface area contributed by atoms with Gasteiger partial charge in [0.1, 0.15) is 0 Å². The lowest BCUT2D eigenvalue weighted by molar-refractivity contribution is -0.185. The molecule has 4 saturated carbocycles. The SMILES string of the molecule is C[C@H]1[C@H](C)CC[C@]2(C(=O)O)CC[C@]3(C)C(=CC[C@@H]4[C@@]5(C)C/C(=C\c6ccc(Br)cc6)C(=O)C(C)(C)[C@@H]5CC[C@]43C)[C@H]12. The fraction of sp³-hybridized carbons (Fsp3) is 0.676. The average molecular weight is 622 g/mol. The highest BCUT2D eigenvalue weighted by Gasteiger charge is 2.70. The molecule has 0 aliphatic heterocycles. The third kappa shape index (κ3) is 3.87. The lowest BCUT2D eigenvalue weighted by Crippen LogP contribution is -2.65. The number of rotatable bonds is 2. The summed E-state index contributed by atoms with van der Waals surface area (Å²) in [5, 5.41) is 10.7. The zero-order valence-corrected chi connectivity index (χ0v) is 27.7. The van der Waals surface area contributed by atoms with E-state index >= 15 is 0 Å². The molecule has 4 fully saturated rings. The summed E-state index contributed by atoms with van der Waals surface area (Å²) in [6, 6.07) is 8.29. The van der Waals surface area contributed by atoms with E-state index in [-0.39, 0.29) is 22.2 Å². The molecule has 1 N–H and O–H groups in total. The van der Waals surface area contributed by atoms with E-state index in [1.54, 1.807) is 0 Å². The maximum Gasteiger partial charge on any atom is 0.310 e. The quantitative estimate of drug-likeness (QED) is 0.264. The number of allylic oxidation sites excluding steroid dienone is 3. The van der Waals surface area contributed by atoms with Gasteiger partial charge in [-0.3, -0.25) is 9.59 Å². The highest BCUT2D eigenvalue weighted by Crippen LogP contribution is 2.75. The number of benzene rings is 1. The van der Waals surface area contributed by atoms with Gasteiger partial charge in [-0.05, 0) is 127 Å². The summed E-state index contributed by atoms with van der Waals surface area (Å²) in [6.45, 7) is 16.6. The van der Waals surface area contributed by atoms with Gasteiger partial charge in [0.25, 0.3) is 0 Å². The molecule has 41 heavy (non-hydrogen) atoms. The van der Waals surface area contributed by atoms with Crippen LogP contribution in [-0.4, -0.2) is 16.9 Å². The van der Waals surface area contributed by atoms with Crippen molar-refractivity contribution in [3.63, 3.8) is 0 Å². The van der Waals surface area contributed by atoms with Crippen molar-refractivity contribution >= 4 is 33.8 Å². The molecule has 0 aromatic heterocycles. The van der Waals surface area contributed by atoms with Gasteiger partial charge in [-0.2, -0.15) is 0 Å². The van der Waals surface area contributed by atoms with Gasteiger partial charge in [-0.1, -0.05) is 88.2 Å². The highest BCUT2D eigenvalue weighted by atomic mass is 79.9. The number of carbonyl (C=O) groups excluding carboxylic acids is 1. The molecule has 0 bridgehead atoms. The number of carboxylic acid groups (broad SMARTS) is 1. The maximum absolute atomic E-state index is 14.0. The zero-order valence-electron chi connectivity index (χ0n) is 26.1. The Hall–Kier alpha value is -1.68. The first-order valence-electron chi connectivity index (χ1n) is 16.1. The second-order valence-electron chi connectivity index (χ2n) is 16.1. The smallest absolute Gasteiger partial charge is 0.310 e. The Balaban J connectivity index is 1.45. The molecule has 0 amide bonds. The molecule has 0 heterocycles. The molecule has 1 aromatic carbocycles. The van der Waals surface area contributed by atoms with Crippen molar-refractivity contribution in [1.82, 2.24) is 0 Å². The molecule has 0 spiro atoms. The normalized spacial score (nSPS) is 46.0. The van der Waals surface area contributed by atoms with Crippen molar-refractivity contribution in [3.05, 3.63) is 51.5 Å². The van der Waals surface area contributed by atoms with Crippen LogP contribution in [0.5, 0.6) is 0 Å². The third-order valence-corrected chi connectivity index (χ3v) is 14.7. The predicted octanol–water partition coefficient (Wildman–Crippen LogP) is 9.75. The standard InChI is InChI=1S/C37H49BrO3/c1-22-14-17-37(32(40)41)19-18-35(6)27(30(37)23(22)2)12-13-29-34(5)21-25(20-24-8-10-26(38)11-9-24)31(39)33(3,4)28(34)15-16-36(29,35)7/h8-12,20,22-23,28-30H,13-19,21H2,1-7H3,(H,40,41)/b25-20+/t22-,23+,28+,29-,30+,34+,35-,36-,37+/m1/s1. The minimum Gasteiger partial charge on any atom is -0.481 e. The Bertz CT molecular complexity index is 1340. The number of carboxylic acids is 1. The number of ketones is 1. The van der Waals surface area contributed by atoms with Crippen LogP contribution in [0.25, 0.3) is 6.08 Å². The Morgan fingerprint density at radius 3 is 2.29 bits per heavy atom. The number of fused-ring (bicyclic) bond motifs is 7. The Morgan fingerprint density at radius 1 is 0.951 bits per heavy atom. The number of hydrogen-bond acceptors (Lipinski definition) is 2. The van der Waals surface area contributed by atoms with Crippen LogP contribution in [0.3, 0.4) is 0 Å². The van der Waals surface area contributed by atoms with Gasteiger partial charge in [-0.25, -0.2) is 0 Å². The van der Waals surface area contributed by atoms with Crippen LogP contribution < -0.4 is 0 Å². The number of aliphatic carboxylic acids is 1. The first-order chi connectivity index (χ1) is 19.1. The molecule has 6 rings (SSSR count). The summed E-state index contributed by atoms with van der Waals surface area (Å²) < 4.78 is 1.05. The van der Waals surface area contributed by atoms with E-state index in [9.17, 15) is 14.7 Å². The minimum atomic E-state index is -0.610. The topological polar surface area (TPSA) is 54.4 Å². The first kappa shape index (κ1) is 29.4. The Morgan fingerprint density at radius 2 is 1.63 bits per heavy atom. The van der Waals surface area contributed by atoms with Crippen LogP contribution >= 0.6 is 15.9 Å². The van der Waals surface area contributed by atoms with Crippen LogP contribution in [0.15, 0.2) is 46.0 Å². The molecule has 5 aliphatic rings. The van der Waals surface area contributed by atoms with Gasteiger partial charge in [0.2, 0.25) is 0 Å². The van der Waals surface area contributed by atoms with E-state index in [1.165, 1.54) is 5.57 Å². The molecular weight excluding hydrogens is 572 g/mol. The lowest BCUT2D eigenvalue weighted by atomic mass is 9.33. The highest BCUT2D eigenvalue weighted by molar-refractivity contribution is 9.10. The number of hydrogen-bond donors (Lipinski definition) is 1. The Labute approximate surface area is 255 Å². The van der Waals surface area contributed by atoms with Crippen LogP contribution in [0.4, 0.5) is 0 Å². The fourth-order valence-electron chi connectivity index (χ4n) is 11.6. The minimum absolute atomic E-state index is 0.00343. The molecule has 0 radical (unpaired) electrons. The van der Waals surface area contributed by atoms with Crippen molar-refractivity contribution in [2.75, 3.05) is 0 Å². The molecule has 9 atom stereocenters. The summed E-state index contributed by atoms with van der Waals surface area (Å²) in [4.78, 5) is 27.0. The van der Waals surface area contributed by atoms with Gasteiger partial charge in [-0.15, -0.1) is 0 Å². The van der Waals surface area contributed by atoms with Gasteiger partial charge in [0.15, 0.2) is 5.78 Å². The van der Waals surface area contributed by atoms with Crippen LogP contribution in [0.1, 0.15) is 105 Å². The fourth-order valence-corrected chi connectivity index (χ4v) is 11.9. The Kier molecular flexibility index (Phi) is 6.74.